The summed E-state index contributed by atoms with van der Waals surface area (Å²) in [6.45, 7) is 10.6. The topological polar surface area (TPSA) is 33.5 Å². The third-order valence-corrected chi connectivity index (χ3v) is 6.53. The fourth-order valence-corrected chi connectivity index (χ4v) is 5.17. The van der Waals surface area contributed by atoms with Gasteiger partial charge in [-0.05, 0) is 55.1 Å². The van der Waals surface area contributed by atoms with E-state index in [4.69, 9.17) is 0 Å². The molecule has 3 atom stereocenters. The van der Waals surface area contributed by atoms with E-state index in [1.165, 1.54) is 54.6 Å². The first-order valence-corrected chi connectivity index (χ1v) is 10.7. The van der Waals surface area contributed by atoms with Crippen LogP contribution in [0.25, 0.3) is 0 Å². The molecule has 1 unspecified atom stereocenters. The molecule has 1 amide bonds. The van der Waals surface area contributed by atoms with Crippen LogP contribution < -0.4 is 10.2 Å². The molecule has 1 aliphatic carbocycles. The van der Waals surface area contributed by atoms with Crippen LogP contribution in [-0.2, 0) is 4.79 Å². The number of amides is 1. The molecule has 2 N–H and O–H groups in total. The monoisotopic (exact) mass is 357 g/mol. The molecule has 2 fully saturated rings. The molecule has 1 saturated carbocycles. The van der Waals surface area contributed by atoms with Crippen LogP contribution in [0.5, 0.6) is 0 Å². The predicted molar refractivity (Wildman–Crippen MR) is 109 cm³/mol. The number of hydrogen-bond donors (Lipinski definition) is 2. The van der Waals surface area contributed by atoms with E-state index >= 15 is 0 Å². The quantitative estimate of drug-likeness (QED) is 0.817. The van der Waals surface area contributed by atoms with Crippen LogP contribution in [0.2, 0.25) is 0 Å². The normalized spacial score (nSPS) is 26.0. The lowest BCUT2D eigenvalue weighted by atomic mass is 9.78. The Bertz CT molecular complexity index is 594. The molecule has 144 valence electrons. The summed E-state index contributed by atoms with van der Waals surface area (Å²) in [5, 5.41) is 3.32. The second kappa shape index (κ2) is 8.56. The largest absolute Gasteiger partial charge is 0.324 e. The summed E-state index contributed by atoms with van der Waals surface area (Å²) in [5.41, 5.74) is 3.58. The molecule has 3 heteroatoms. The van der Waals surface area contributed by atoms with E-state index in [9.17, 15) is 4.79 Å². The number of benzene rings is 1. The molecule has 1 aliphatic heterocycles. The summed E-state index contributed by atoms with van der Waals surface area (Å²) in [6.07, 6.45) is 8.09. The van der Waals surface area contributed by atoms with Gasteiger partial charge in [0.2, 0.25) is 0 Å². The Morgan fingerprint density at radius 1 is 1.04 bits per heavy atom. The van der Waals surface area contributed by atoms with Crippen molar-refractivity contribution in [1.29, 1.82) is 0 Å². The summed E-state index contributed by atoms with van der Waals surface area (Å²) in [5.74, 6) is 1.87. The molecular weight excluding hydrogens is 320 g/mol. The predicted octanol–water partition coefficient (Wildman–Crippen LogP) is 4.11. The van der Waals surface area contributed by atoms with E-state index in [1.807, 2.05) is 0 Å². The lowest BCUT2D eigenvalue weighted by molar-refractivity contribution is -0.928. The number of carbonyl (C=O) groups excluding carboxylic acids is 1. The first-order chi connectivity index (χ1) is 12.5. The highest BCUT2D eigenvalue weighted by Gasteiger charge is 2.37. The Hall–Kier alpha value is -1.35. The van der Waals surface area contributed by atoms with Gasteiger partial charge in [0, 0.05) is 11.6 Å². The number of hydrogen-bond acceptors (Lipinski definition) is 1. The van der Waals surface area contributed by atoms with Crippen molar-refractivity contribution < 1.29 is 9.69 Å². The van der Waals surface area contributed by atoms with Crippen LogP contribution in [-0.4, -0.2) is 25.0 Å². The number of carbonyl (C=O) groups is 1. The van der Waals surface area contributed by atoms with E-state index in [2.05, 4.69) is 51.2 Å². The van der Waals surface area contributed by atoms with Gasteiger partial charge < -0.3 is 10.2 Å². The van der Waals surface area contributed by atoms with E-state index < -0.39 is 0 Å². The Kier molecular flexibility index (Phi) is 6.39. The summed E-state index contributed by atoms with van der Waals surface area (Å²) < 4.78 is 0. The Morgan fingerprint density at radius 3 is 2.31 bits per heavy atom. The van der Waals surface area contributed by atoms with Crippen molar-refractivity contribution in [3.8, 4) is 0 Å². The van der Waals surface area contributed by atoms with Gasteiger partial charge in [0.1, 0.15) is 0 Å². The van der Waals surface area contributed by atoms with Crippen molar-refractivity contribution >= 4 is 11.6 Å². The number of anilines is 1. The molecule has 3 rings (SSSR count). The van der Waals surface area contributed by atoms with Crippen molar-refractivity contribution in [3.05, 3.63) is 29.3 Å². The minimum atomic E-state index is 0.196. The molecule has 1 heterocycles. The fraction of sp³-hybridized carbons (Fsp3) is 0.696. The second-order valence-corrected chi connectivity index (χ2v) is 9.05. The van der Waals surface area contributed by atoms with Crippen molar-refractivity contribution in [3.63, 3.8) is 0 Å². The lowest BCUT2D eigenvalue weighted by Crippen LogP contribution is -3.18. The van der Waals surface area contributed by atoms with Gasteiger partial charge in [-0.3, -0.25) is 4.79 Å². The van der Waals surface area contributed by atoms with Crippen LogP contribution in [0.15, 0.2) is 18.2 Å². The zero-order valence-electron chi connectivity index (χ0n) is 17.1. The molecular formula is C23H37N2O+. The van der Waals surface area contributed by atoms with Gasteiger partial charge >= 0.3 is 0 Å². The number of rotatable bonds is 5. The molecule has 0 spiro atoms. The number of nitrogens with one attached hydrogen (secondary N) is 2. The third-order valence-electron chi connectivity index (χ3n) is 6.53. The summed E-state index contributed by atoms with van der Waals surface area (Å²) in [6, 6.07) is 7.17. The SMILES string of the molecule is CC(C)c1cccc(C(C)C)c1NC(=O)C[NH+]1CCC[C@H]2CCCC[C@@H]21. The van der Waals surface area contributed by atoms with E-state index in [-0.39, 0.29) is 5.91 Å². The van der Waals surface area contributed by atoms with Gasteiger partial charge in [-0.2, -0.15) is 0 Å². The van der Waals surface area contributed by atoms with Crippen molar-refractivity contribution in [2.24, 2.45) is 5.92 Å². The second-order valence-electron chi connectivity index (χ2n) is 9.05. The van der Waals surface area contributed by atoms with Gasteiger partial charge in [-0.25, -0.2) is 0 Å². The van der Waals surface area contributed by atoms with Gasteiger partial charge in [0.15, 0.2) is 6.54 Å². The highest BCUT2D eigenvalue weighted by Crippen LogP contribution is 2.32. The maximum absolute atomic E-state index is 13.0. The van der Waals surface area contributed by atoms with E-state index in [0.717, 1.165) is 18.2 Å². The smallest absolute Gasteiger partial charge is 0.279 e. The highest BCUT2D eigenvalue weighted by atomic mass is 16.2. The van der Waals surface area contributed by atoms with E-state index in [1.54, 1.807) is 0 Å². The summed E-state index contributed by atoms with van der Waals surface area (Å²) >= 11 is 0. The number of likely N-dealkylation sites (tertiary alicyclic amines) is 1. The zero-order valence-corrected chi connectivity index (χ0v) is 17.1. The lowest BCUT2D eigenvalue weighted by Gasteiger charge is -2.40. The maximum atomic E-state index is 13.0. The number of quaternary nitrogens is 1. The summed E-state index contributed by atoms with van der Waals surface area (Å²) in [4.78, 5) is 14.5. The van der Waals surface area contributed by atoms with Crippen LogP contribution in [0, 0.1) is 5.92 Å². The molecule has 0 aromatic heterocycles. The van der Waals surface area contributed by atoms with Crippen LogP contribution in [0.3, 0.4) is 0 Å². The Labute approximate surface area is 159 Å². The van der Waals surface area contributed by atoms with Crippen LogP contribution >= 0.6 is 0 Å². The zero-order chi connectivity index (χ0) is 18.7. The number of piperidine rings is 1. The average molecular weight is 358 g/mol. The molecule has 2 aliphatic rings. The van der Waals surface area contributed by atoms with E-state index in [0.29, 0.717) is 24.4 Å². The maximum Gasteiger partial charge on any atom is 0.279 e. The minimum absolute atomic E-state index is 0.196. The Balaban J connectivity index is 1.73. The molecule has 26 heavy (non-hydrogen) atoms. The summed E-state index contributed by atoms with van der Waals surface area (Å²) in [7, 11) is 0. The molecule has 0 bridgehead atoms. The average Bonchev–Trinajstić information content (AvgIpc) is 2.61. The molecule has 3 nitrogen and oxygen atoms in total. The molecule has 1 aromatic carbocycles. The molecule has 1 saturated heterocycles. The third kappa shape index (κ3) is 4.31. The molecule has 1 aromatic rings. The van der Waals surface area contributed by atoms with Crippen LogP contribution in [0.4, 0.5) is 5.69 Å². The van der Waals surface area contributed by atoms with Crippen molar-refractivity contribution in [2.75, 3.05) is 18.4 Å². The fourth-order valence-electron chi connectivity index (χ4n) is 5.17. The minimum Gasteiger partial charge on any atom is -0.324 e. The van der Waals surface area contributed by atoms with Crippen LogP contribution in [0.1, 0.15) is 89.2 Å². The van der Waals surface area contributed by atoms with Gasteiger partial charge in [0.05, 0.1) is 12.6 Å². The number of para-hydroxylation sites is 1. The van der Waals surface area contributed by atoms with Gasteiger partial charge in [0.25, 0.3) is 5.91 Å². The number of fused-ring (bicyclic) bond motifs is 1. The Morgan fingerprint density at radius 2 is 1.65 bits per heavy atom. The van der Waals surface area contributed by atoms with Crippen molar-refractivity contribution in [2.45, 2.75) is 84.1 Å². The van der Waals surface area contributed by atoms with Gasteiger partial charge in [-0.1, -0.05) is 52.3 Å². The van der Waals surface area contributed by atoms with Crippen molar-refractivity contribution in [1.82, 2.24) is 0 Å². The molecule has 0 radical (unpaired) electrons. The standard InChI is InChI=1S/C23H36N2O/c1-16(2)19-11-7-12-20(17(3)4)23(19)24-22(26)15-25-14-8-10-18-9-5-6-13-21(18)25/h7,11-12,16-18,21H,5-6,8-10,13-15H2,1-4H3,(H,24,26)/p+1/t18-,21+/m1/s1. The van der Waals surface area contributed by atoms with Gasteiger partial charge in [-0.15, -0.1) is 0 Å². The first kappa shape index (κ1) is 19.4. The highest BCUT2D eigenvalue weighted by molar-refractivity contribution is 5.93. The first-order valence-electron chi connectivity index (χ1n) is 10.7.